The van der Waals surface area contributed by atoms with Crippen LogP contribution in [0.5, 0.6) is 0 Å². The molecule has 104 valence electrons. The maximum Gasteiger partial charge on any atom is 0.129 e. The van der Waals surface area contributed by atoms with Gasteiger partial charge < -0.3 is 4.79 Å². The van der Waals surface area contributed by atoms with Gasteiger partial charge in [0.1, 0.15) is 5.78 Å². The van der Waals surface area contributed by atoms with E-state index in [9.17, 15) is 4.79 Å². The first kappa shape index (κ1) is 21.7. The van der Waals surface area contributed by atoms with Gasteiger partial charge in [0.25, 0.3) is 0 Å². The Labute approximate surface area is 110 Å². The van der Waals surface area contributed by atoms with Crippen molar-refractivity contribution in [2.24, 2.45) is 5.92 Å². The molecule has 0 aromatic carbocycles. The van der Waals surface area contributed by atoms with Crippen molar-refractivity contribution in [3.05, 3.63) is 12.2 Å². The van der Waals surface area contributed by atoms with Crippen molar-refractivity contribution in [3.63, 3.8) is 0 Å². The fourth-order valence-electron chi connectivity index (χ4n) is 0.636. The molecule has 0 unspecified atom stereocenters. The van der Waals surface area contributed by atoms with Crippen molar-refractivity contribution >= 4 is 5.78 Å². The van der Waals surface area contributed by atoms with Crippen molar-refractivity contribution in [1.29, 1.82) is 0 Å². The summed E-state index contributed by atoms with van der Waals surface area (Å²) in [5.74, 6) is 1.18. The third-order valence-electron chi connectivity index (χ3n) is 1.95. The first-order valence-corrected chi connectivity index (χ1v) is 7.06. The summed E-state index contributed by atoms with van der Waals surface area (Å²) in [7, 11) is 0. The summed E-state index contributed by atoms with van der Waals surface area (Å²) in [4.78, 5) is 10.4. The van der Waals surface area contributed by atoms with Crippen LogP contribution in [0.2, 0.25) is 0 Å². The highest BCUT2D eigenvalue weighted by Crippen LogP contribution is 1.96. The smallest absolute Gasteiger partial charge is 0.129 e. The minimum absolute atomic E-state index is 0.291. The van der Waals surface area contributed by atoms with Gasteiger partial charge >= 0.3 is 0 Å². The number of rotatable bonds is 5. The van der Waals surface area contributed by atoms with Gasteiger partial charge in [-0.1, -0.05) is 59.6 Å². The van der Waals surface area contributed by atoms with E-state index >= 15 is 0 Å². The van der Waals surface area contributed by atoms with Crippen LogP contribution in [0.4, 0.5) is 0 Å². The number of allylic oxidation sites excluding steroid dienone is 2. The topological polar surface area (TPSA) is 17.1 Å². The van der Waals surface area contributed by atoms with Gasteiger partial charge in [-0.3, -0.25) is 0 Å². The monoisotopic (exact) mass is 242 g/mol. The largest absolute Gasteiger partial charge is 0.300 e. The summed E-state index contributed by atoms with van der Waals surface area (Å²) in [5, 5.41) is 0. The molecule has 0 bridgehead atoms. The quantitative estimate of drug-likeness (QED) is 0.440. The minimum atomic E-state index is 0.291. The molecule has 1 nitrogen and oxygen atoms in total. The maximum atomic E-state index is 10.4. The molecule has 0 aliphatic carbocycles. The van der Waals surface area contributed by atoms with Crippen LogP contribution in [-0.4, -0.2) is 5.78 Å². The van der Waals surface area contributed by atoms with Gasteiger partial charge in [0.15, 0.2) is 0 Å². The van der Waals surface area contributed by atoms with E-state index in [2.05, 4.69) is 40.7 Å². The Balaban J connectivity index is -0.000000207. The predicted molar refractivity (Wildman–Crippen MR) is 80.4 cm³/mol. The fourth-order valence-corrected chi connectivity index (χ4v) is 0.636. The molecule has 0 spiro atoms. The molecule has 1 heteroatoms. The highest BCUT2D eigenvalue weighted by atomic mass is 16.1. The molecular formula is C16H34O. The molecule has 0 aromatic heterocycles. The summed E-state index contributed by atoms with van der Waals surface area (Å²) in [6.07, 6.45) is 9.42. The van der Waals surface area contributed by atoms with Gasteiger partial charge in [-0.2, -0.15) is 0 Å². The highest BCUT2D eigenvalue weighted by Gasteiger charge is 1.88. The van der Waals surface area contributed by atoms with Crippen LogP contribution < -0.4 is 0 Å². The number of carbonyl (C=O) groups excluding carboxylic acids is 1. The van der Waals surface area contributed by atoms with Crippen LogP contribution in [-0.2, 0) is 4.79 Å². The maximum absolute atomic E-state index is 10.4. The van der Waals surface area contributed by atoms with Gasteiger partial charge in [-0.15, -0.1) is 0 Å². The molecule has 0 aliphatic heterocycles. The molecule has 0 heterocycles. The Morgan fingerprint density at radius 1 is 1.18 bits per heavy atom. The van der Waals surface area contributed by atoms with Gasteiger partial charge in [-0.25, -0.2) is 0 Å². The lowest BCUT2D eigenvalue weighted by Crippen LogP contribution is -1.87. The summed E-state index contributed by atoms with van der Waals surface area (Å²) in [5.41, 5.74) is 0. The van der Waals surface area contributed by atoms with Crippen molar-refractivity contribution in [1.82, 2.24) is 0 Å². The third kappa shape index (κ3) is 50.5. The predicted octanol–water partition coefficient (Wildman–Crippen LogP) is 5.79. The zero-order valence-electron chi connectivity index (χ0n) is 13.2. The molecular weight excluding hydrogens is 208 g/mol. The van der Waals surface area contributed by atoms with Crippen molar-refractivity contribution in [3.8, 4) is 0 Å². The van der Waals surface area contributed by atoms with Crippen molar-refractivity contribution in [2.75, 3.05) is 0 Å². The average molecular weight is 242 g/mol. The molecule has 0 saturated heterocycles. The second-order valence-corrected chi connectivity index (χ2v) is 4.67. The summed E-state index contributed by atoms with van der Waals surface area (Å²) in [6, 6.07) is 0. The molecule has 0 aromatic rings. The Hall–Kier alpha value is -0.590. The third-order valence-corrected chi connectivity index (χ3v) is 1.95. The zero-order chi connectivity index (χ0) is 14.1. The molecule has 17 heavy (non-hydrogen) atoms. The van der Waals surface area contributed by atoms with E-state index in [1.807, 2.05) is 13.0 Å². The van der Waals surface area contributed by atoms with Crippen LogP contribution in [0, 0.1) is 5.92 Å². The number of unbranched alkanes of at least 4 members (excludes halogenated alkanes) is 1. The Bertz CT molecular complexity index is 157. The SMILES string of the molecule is C/C=C\CCCC(C)=O.CCC.CCC(C)C. The second kappa shape index (κ2) is 20.8. The lowest BCUT2D eigenvalue weighted by atomic mass is 10.2. The first-order chi connectivity index (χ1) is 7.95. The van der Waals surface area contributed by atoms with E-state index in [0.717, 1.165) is 25.2 Å². The number of hydrogen-bond acceptors (Lipinski definition) is 1. The molecule has 0 radical (unpaired) electrons. The van der Waals surface area contributed by atoms with Crippen molar-refractivity contribution < 1.29 is 4.79 Å². The van der Waals surface area contributed by atoms with Gasteiger partial charge in [0, 0.05) is 6.42 Å². The lowest BCUT2D eigenvalue weighted by molar-refractivity contribution is -0.117. The number of Topliss-reactive ketones (excluding diaryl/α,β-unsaturated/α-hetero) is 1. The van der Waals surface area contributed by atoms with Crippen LogP contribution in [0.15, 0.2) is 12.2 Å². The van der Waals surface area contributed by atoms with Crippen LogP contribution in [0.25, 0.3) is 0 Å². The van der Waals surface area contributed by atoms with E-state index in [4.69, 9.17) is 0 Å². The zero-order valence-corrected chi connectivity index (χ0v) is 13.2. The number of ketones is 1. The average Bonchev–Trinajstić information content (AvgIpc) is 2.26. The molecule has 0 fully saturated rings. The van der Waals surface area contributed by atoms with E-state index in [1.54, 1.807) is 6.92 Å². The van der Waals surface area contributed by atoms with Gasteiger partial charge in [0.2, 0.25) is 0 Å². The summed E-state index contributed by atoms with van der Waals surface area (Å²) in [6.45, 7) is 14.5. The summed E-state index contributed by atoms with van der Waals surface area (Å²) < 4.78 is 0. The van der Waals surface area contributed by atoms with Crippen molar-refractivity contribution in [2.45, 2.75) is 80.6 Å². The van der Waals surface area contributed by atoms with Crippen LogP contribution >= 0.6 is 0 Å². The summed E-state index contributed by atoms with van der Waals surface area (Å²) >= 11 is 0. The molecule has 0 N–H and O–H groups in total. The van der Waals surface area contributed by atoms with Crippen LogP contribution in [0.1, 0.15) is 80.6 Å². The van der Waals surface area contributed by atoms with E-state index in [1.165, 1.54) is 12.8 Å². The van der Waals surface area contributed by atoms with Crippen LogP contribution in [0.3, 0.4) is 0 Å². The number of carbonyl (C=O) groups is 1. The minimum Gasteiger partial charge on any atom is -0.300 e. The Kier molecular flexibility index (Phi) is 26.5. The normalized spacial score (nSPS) is 9.41. The molecule has 0 saturated carbocycles. The molecule has 0 amide bonds. The second-order valence-electron chi connectivity index (χ2n) is 4.67. The Morgan fingerprint density at radius 2 is 1.59 bits per heavy atom. The first-order valence-electron chi connectivity index (χ1n) is 7.06. The van der Waals surface area contributed by atoms with E-state index in [-0.39, 0.29) is 0 Å². The van der Waals surface area contributed by atoms with Gasteiger partial charge in [-0.05, 0) is 32.6 Å². The van der Waals surface area contributed by atoms with Gasteiger partial charge in [0.05, 0.1) is 0 Å². The standard InChI is InChI=1S/C8H14O.C5H12.C3H8/c1-3-4-5-6-7-8(2)9;1-4-5(2)3;1-3-2/h3-4H,5-7H2,1-2H3;5H,4H2,1-3H3;3H2,1-2H3/b4-3-;;. The van der Waals surface area contributed by atoms with E-state index < -0.39 is 0 Å². The molecule has 0 aliphatic rings. The Morgan fingerprint density at radius 3 is 1.82 bits per heavy atom. The molecule has 0 rings (SSSR count). The fraction of sp³-hybridized carbons (Fsp3) is 0.812. The lowest BCUT2D eigenvalue weighted by Gasteiger charge is -1.90. The van der Waals surface area contributed by atoms with E-state index in [0.29, 0.717) is 5.78 Å². The highest BCUT2D eigenvalue weighted by molar-refractivity contribution is 5.75. The molecule has 0 atom stereocenters. The number of hydrogen-bond donors (Lipinski definition) is 0.